The molecule has 0 aromatic heterocycles. The predicted octanol–water partition coefficient (Wildman–Crippen LogP) is 2.85. The Balaban J connectivity index is 2.24. The van der Waals surface area contributed by atoms with Crippen LogP contribution in [0.4, 0.5) is 5.69 Å². The van der Waals surface area contributed by atoms with Crippen LogP contribution in [-0.2, 0) is 4.74 Å². The molecule has 1 aromatic rings. The molecule has 0 bridgehead atoms. The zero-order valence-electron chi connectivity index (χ0n) is 12.0. The van der Waals surface area contributed by atoms with Gasteiger partial charge in [-0.05, 0) is 25.0 Å². The number of nitrogens with one attached hydrogen (secondary N) is 1. The van der Waals surface area contributed by atoms with Crippen LogP contribution in [0.2, 0.25) is 0 Å². The summed E-state index contributed by atoms with van der Waals surface area (Å²) in [7, 11) is 1.77. The van der Waals surface area contributed by atoms with Crippen molar-refractivity contribution in [3.05, 3.63) is 29.3 Å². The van der Waals surface area contributed by atoms with Gasteiger partial charge < -0.3 is 15.8 Å². The third kappa shape index (κ3) is 2.47. The average molecular weight is 278 g/mol. The van der Waals surface area contributed by atoms with Crippen LogP contribution in [0.5, 0.6) is 0 Å². The van der Waals surface area contributed by atoms with Gasteiger partial charge in [0.25, 0.3) is 0 Å². The Kier molecular flexibility index (Phi) is 3.83. The van der Waals surface area contributed by atoms with Crippen molar-refractivity contribution >= 4 is 22.9 Å². The van der Waals surface area contributed by atoms with Gasteiger partial charge in [0.2, 0.25) is 0 Å². The van der Waals surface area contributed by atoms with E-state index in [1.165, 1.54) is 5.56 Å². The number of benzene rings is 1. The quantitative estimate of drug-likeness (QED) is 0.831. The average Bonchev–Trinajstić information content (AvgIpc) is 2.34. The van der Waals surface area contributed by atoms with Crippen molar-refractivity contribution in [2.45, 2.75) is 39.3 Å². The number of methoxy groups -OCH3 is 1. The van der Waals surface area contributed by atoms with Gasteiger partial charge in [-0.3, -0.25) is 0 Å². The highest BCUT2D eigenvalue weighted by Crippen LogP contribution is 2.44. The lowest BCUT2D eigenvalue weighted by atomic mass is 9.64. The summed E-state index contributed by atoms with van der Waals surface area (Å²) in [5.74, 6) is 0. The maximum absolute atomic E-state index is 5.81. The van der Waals surface area contributed by atoms with E-state index in [0.29, 0.717) is 17.1 Å². The lowest BCUT2D eigenvalue weighted by molar-refractivity contribution is -0.0794. The molecule has 3 N–H and O–H groups in total. The van der Waals surface area contributed by atoms with Crippen molar-refractivity contribution in [1.82, 2.24) is 0 Å². The van der Waals surface area contributed by atoms with Gasteiger partial charge in [-0.25, -0.2) is 0 Å². The fourth-order valence-electron chi connectivity index (χ4n) is 2.77. The Morgan fingerprint density at radius 2 is 2.16 bits per heavy atom. The summed E-state index contributed by atoms with van der Waals surface area (Å²) < 4.78 is 5.49. The van der Waals surface area contributed by atoms with Crippen LogP contribution in [0.25, 0.3) is 0 Å². The molecule has 0 radical (unpaired) electrons. The maximum atomic E-state index is 5.81. The van der Waals surface area contributed by atoms with Gasteiger partial charge in [-0.2, -0.15) is 0 Å². The molecule has 1 fully saturated rings. The fourth-order valence-corrected chi connectivity index (χ4v) is 2.94. The molecule has 0 saturated heterocycles. The highest BCUT2D eigenvalue weighted by molar-refractivity contribution is 7.80. The third-order valence-electron chi connectivity index (χ3n) is 4.32. The molecule has 0 amide bonds. The van der Waals surface area contributed by atoms with E-state index in [4.69, 9.17) is 22.7 Å². The van der Waals surface area contributed by atoms with E-state index in [0.717, 1.165) is 17.7 Å². The summed E-state index contributed by atoms with van der Waals surface area (Å²) in [5, 5.41) is 3.60. The summed E-state index contributed by atoms with van der Waals surface area (Å²) in [6.45, 7) is 6.52. The number of ether oxygens (including phenoxy) is 1. The molecular weight excluding hydrogens is 256 g/mol. The molecule has 1 aliphatic carbocycles. The molecule has 1 aliphatic rings. The Morgan fingerprint density at radius 1 is 1.47 bits per heavy atom. The van der Waals surface area contributed by atoms with Crippen LogP contribution in [0.1, 0.15) is 31.4 Å². The number of anilines is 1. The minimum Gasteiger partial charge on any atom is -0.389 e. The van der Waals surface area contributed by atoms with Crippen molar-refractivity contribution in [1.29, 1.82) is 0 Å². The molecule has 4 heteroatoms. The van der Waals surface area contributed by atoms with Gasteiger partial charge in [0.15, 0.2) is 0 Å². The third-order valence-corrected chi connectivity index (χ3v) is 4.54. The van der Waals surface area contributed by atoms with Crippen molar-refractivity contribution in [3.63, 3.8) is 0 Å². The molecule has 1 saturated carbocycles. The van der Waals surface area contributed by atoms with Crippen LogP contribution in [0.15, 0.2) is 18.2 Å². The Hall–Kier alpha value is -1.13. The van der Waals surface area contributed by atoms with E-state index in [2.05, 4.69) is 32.2 Å². The largest absolute Gasteiger partial charge is 0.389 e. The lowest BCUT2D eigenvalue weighted by Gasteiger charge is -2.51. The zero-order chi connectivity index (χ0) is 14.2. The second-order valence-electron chi connectivity index (χ2n) is 5.84. The monoisotopic (exact) mass is 278 g/mol. The van der Waals surface area contributed by atoms with E-state index >= 15 is 0 Å². The standard InChI is InChI=1S/C15H22N2OS/c1-9-6-5-7-10(14(16)19)13(9)17-11-8-12(18-4)15(11,2)3/h5-7,11-12,17H,8H2,1-4H3,(H2,16,19). The molecule has 2 rings (SSSR count). The highest BCUT2D eigenvalue weighted by Gasteiger charge is 2.48. The van der Waals surface area contributed by atoms with Crippen LogP contribution in [-0.4, -0.2) is 24.2 Å². The molecule has 104 valence electrons. The van der Waals surface area contributed by atoms with Crippen molar-refractivity contribution in [2.75, 3.05) is 12.4 Å². The first-order chi connectivity index (χ1) is 8.87. The Labute approximate surface area is 120 Å². The molecule has 0 heterocycles. The number of nitrogens with two attached hydrogens (primary N) is 1. The normalized spacial score (nSPS) is 24.6. The van der Waals surface area contributed by atoms with Gasteiger partial charge in [0, 0.05) is 29.8 Å². The van der Waals surface area contributed by atoms with Crippen LogP contribution in [0.3, 0.4) is 0 Å². The molecule has 0 aliphatic heterocycles. The minimum absolute atomic E-state index is 0.116. The molecule has 2 unspecified atom stereocenters. The summed E-state index contributed by atoms with van der Waals surface area (Å²) in [4.78, 5) is 0.437. The molecule has 1 aromatic carbocycles. The lowest BCUT2D eigenvalue weighted by Crippen LogP contribution is -2.57. The molecular formula is C15H22N2OS. The fraction of sp³-hybridized carbons (Fsp3) is 0.533. The molecule has 2 atom stereocenters. The first-order valence-electron chi connectivity index (χ1n) is 6.56. The van der Waals surface area contributed by atoms with Gasteiger partial charge in [0.05, 0.1) is 6.10 Å². The second kappa shape index (κ2) is 5.10. The molecule has 19 heavy (non-hydrogen) atoms. The topological polar surface area (TPSA) is 47.3 Å². The number of hydrogen-bond acceptors (Lipinski definition) is 3. The first-order valence-corrected chi connectivity index (χ1v) is 6.97. The number of para-hydroxylation sites is 1. The van der Waals surface area contributed by atoms with Gasteiger partial charge in [0.1, 0.15) is 4.99 Å². The number of rotatable bonds is 4. The number of hydrogen-bond donors (Lipinski definition) is 2. The van der Waals surface area contributed by atoms with Crippen LogP contribution >= 0.6 is 12.2 Å². The minimum atomic E-state index is 0.116. The van der Waals surface area contributed by atoms with Gasteiger partial charge in [-0.1, -0.05) is 38.2 Å². The van der Waals surface area contributed by atoms with Gasteiger partial charge >= 0.3 is 0 Å². The summed E-state index contributed by atoms with van der Waals surface area (Å²) >= 11 is 5.13. The summed E-state index contributed by atoms with van der Waals surface area (Å²) in [6, 6.07) is 6.41. The smallest absolute Gasteiger partial charge is 0.106 e. The van der Waals surface area contributed by atoms with Crippen molar-refractivity contribution in [3.8, 4) is 0 Å². The first kappa shape index (κ1) is 14.3. The van der Waals surface area contributed by atoms with E-state index in [1.54, 1.807) is 7.11 Å². The van der Waals surface area contributed by atoms with Crippen molar-refractivity contribution in [2.24, 2.45) is 11.1 Å². The van der Waals surface area contributed by atoms with E-state index in [9.17, 15) is 0 Å². The predicted molar refractivity (Wildman–Crippen MR) is 83.7 cm³/mol. The number of thiocarbonyl (C=S) groups is 1. The Morgan fingerprint density at radius 3 is 2.68 bits per heavy atom. The molecule has 3 nitrogen and oxygen atoms in total. The summed E-state index contributed by atoms with van der Waals surface area (Å²) in [5.41, 5.74) is 9.07. The van der Waals surface area contributed by atoms with Crippen LogP contribution in [0, 0.1) is 12.3 Å². The maximum Gasteiger partial charge on any atom is 0.106 e. The van der Waals surface area contributed by atoms with E-state index in [1.807, 2.05) is 12.1 Å². The van der Waals surface area contributed by atoms with Crippen LogP contribution < -0.4 is 11.1 Å². The van der Waals surface area contributed by atoms with E-state index in [-0.39, 0.29) is 5.41 Å². The number of aryl methyl sites for hydroxylation is 1. The Bertz CT molecular complexity index is 499. The summed E-state index contributed by atoms with van der Waals surface area (Å²) in [6.07, 6.45) is 1.32. The zero-order valence-corrected chi connectivity index (χ0v) is 12.8. The molecule has 0 spiro atoms. The van der Waals surface area contributed by atoms with Crippen molar-refractivity contribution < 1.29 is 4.74 Å². The highest BCUT2D eigenvalue weighted by atomic mass is 32.1. The van der Waals surface area contributed by atoms with E-state index < -0.39 is 0 Å². The second-order valence-corrected chi connectivity index (χ2v) is 6.28. The SMILES string of the molecule is COC1CC(Nc2c(C)cccc2C(N)=S)C1(C)C. The van der Waals surface area contributed by atoms with Gasteiger partial charge in [-0.15, -0.1) is 0 Å².